The molecule has 0 fully saturated rings. The predicted octanol–water partition coefficient (Wildman–Crippen LogP) is 0.0558. The number of nitrogens with two attached hydrogens (primary N) is 1. The highest BCUT2D eigenvalue weighted by Crippen LogP contribution is 2.15. The average Bonchev–Trinajstić information content (AvgIpc) is 2.43. The van der Waals surface area contributed by atoms with Crippen molar-refractivity contribution in [3.8, 4) is 0 Å². The molecule has 0 unspecified atom stereocenters. The number of aromatic nitrogens is 1. The molecule has 2 aromatic rings. The fraction of sp³-hybridized carbons (Fsp3) is 0.154. The van der Waals surface area contributed by atoms with E-state index < -0.39 is 5.91 Å². The number of fused-ring (bicyclic) bond motifs is 1. The van der Waals surface area contributed by atoms with E-state index in [4.69, 9.17) is 10.8 Å². The highest BCUT2D eigenvalue weighted by molar-refractivity contribution is 6.00. The van der Waals surface area contributed by atoms with Crippen LogP contribution in [0.1, 0.15) is 20.7 Å². The number of carbonyl (C=O) groups excluding carboxylic acids is 2. The monoisotopic (exact) mass is 259 g/mol. The molecule has 0 radical (unpaired) electrons. The van der Waals surface area contributed by atoms with Crippen LogP contribution >= 0.6 is 0 Å². The van der Waals surface area contributed by atoms with Crippen molar-refractivity contribution in [2.45, 2.75) is 0 Å². The van der Waals surface area contributed by atoms with Crippen molar-refractivity contribution >= 4 is 22.7 Å². The molecule has 0 atom stereocenters. The maximum absolute atomic E-state index is 11.7. The maximum atomic E-state index is 11.7. The average molecular weight is 259 g/mol. The number of aliphatic hydroxyl groups excluding tert-OH is 1. The van der Waals surface area contributed by atoms with Gasteiger partial charge in [-0.1, -0.05) is 0 Å². The summed E-state index contributed by atoms with van der Waals surface area (Å²) in [7, 11) is 0. The lowest BCUT2D eigenvalue weighted by molar-refractivity contribution is 0.0943. The van der Waals surface area contributed by atoms with Crippen LogP contribution in [-0.4, -0.2) is 35.1 Å². The van der Waals surface area contributed by atoms with Crippen LogP contribution in [0.25, 0.3) is 10.9 Å². The molecule has 4 N–H and O–H groups in total. The third-order valence-corrected chi connectivity index (χ3v) is 2.63. The number of pyridine rings is 1. The van der Waals surface area contributed by atoms with Gasteiger partial charge in [0.1, 0.15) is 0 Å². The van der Waals surface area contributed by atoms with Crippen molar-refractivity contribution in [1.82, 2.24) is 10.3 Å². The predicted molar refractivity (Wildman–Crippen MR) is 69.7 cm³/mol. The van der Waals surface area contributed by atoms with E-state index in [-0.39, 0.29) is 19.1 Å². The summed E-state index contributed by atoms with van der Waals surface area (Å²) in [6.45, 7) is 0.0524. The molecule has 1 aromatic heterocycles. The maximum Gasteiger partial charge on any atom is 0.252 e. The van der Waals surface area contributed by atoms with E-state index in [9.17, 15) is 9.59 Å². The van der Waals surface area contributed by atoms with Crippen molar-refractivity contribution in [3.05, 3.63) is 41.6 Å². The van der Waals surface area contributed by atoms with Crippen LogP contribution in [-0.2, 0) is 0 Å². The lowest BCUT2D eigenvalue weighted by Gasteiger charge is -2.05. The van der Waals surface area contributed by atoms with Gasteiger partial charge in [-0.2, -0.15) is 0 Å². The van der Waals surface area contributed by atoms with Gasteiger partial charge in [0.2, 0.25) is 5.91 Å². The molecule has 6 nitrogen and oxygen atoms in total. The Morgan fingerprint density at radius 3 is 2.68 bits per heavy atom. The number of nitrogens with zero attached hydrogens (tertiary/aromatic N) is 1. The van der Waals surface area contributed by atoms with E-state index in [1.807, 2.05) is 0 Å². The van der Waals surface area contributed by atoms with E-state index in [0.29, 0.717) is 22.0 Å². The standard InChI is InChI=1S/C13H13N3O3/c14-12(18)8-1-2-11-9(5-8)6-10(7-16-11)13(19)15-3-4-17/h1-2,5-7,17H,3-4H2,(H2,14,18)(H,15,19). The van der Waals surface area contributed by atoms with E-state index in [1.165, 1.54) is 6.20 Å². The van der Waals surface area contributed by atoms with Crippen LogP contribution in [0.3, 0.4) is 0 Å². The lowest BCUT2D eigenvalue weighted by Crippen LogP contribution is -2.26. The minimum atomic E-state index is -0.531. The zero-order chi connectivity index (χ0) is 13.8. The van der Waals surface area contributed by atoms with Gasteiger partial charge in [-0.3, -0.25) is 14.6 Å². The van der Waals surface area contributed by atoms with E-state index >= 15 is 0 Å². The van der Waals surface area contributed by atoms with Crippen LogP contribution in [0.15, 0.2) is 30.5 Å². The molecule has 1 aromatic carbocycles. The topological polar surface area (TPSA) is 105 Å². The van der Waals surface area contributed by atoms with Gasteiger partial charge in [0.25, 0.3) is 5.91 Å². The normalized spacial score (nSPS) is 10.4. The van der Waals surface area contributed by atoms with Gasteiger partial charge < -0.3 is 16.2 Å². The molecule has 0 aliphatic heterocycles. The first kappa shape index (κ1) is 13.0. The molecular formula is C13H13N3O3. The largest absolute Gasteiger partial charge is 0.395 e. The fourth-order valence-corrected chi connectivity index (χ4v) is 1.68. The number of hydrogen-bond donors (Lipinski definition) is 3. The molecule has 19 heavy (non-hydrogen) atoms. The number of amides is 2. The highest BCUT2D eigenvalue weighted by Gasteiger charge is 2.08. The molecule has 0 bridgehead atoms. The van der Waals surface area contributed by atoms with Crippen LogP contribution in [0.4, 0.5) is 0 Å². The van der Waals surface area contributed by atoms with Crippen molar-refractivity contribution in [2.24, 2.45) is 5.73 Å². The first-order valence-corrected chi connectivity index (χ1v) is 5.70. The summed E-state index contributed by atoms with van der Waals surface area (Å²) in [4.78, 5) is 26.9. The van der Waals surface area contributed by atoms with Gasteiger partial charge in [0.15, 0.2) is 0 Å². The molecule has 0 aliphatic carbocycles. The van der Waals surface area contributed by atoms with Crippen molar-refractivity contribution < 1.29 is 14.7 Å². The zero-order valence-corrected chi connectivity index (χ0v) is 10.1. The molecule has 98 valence electrons. The van der Waals surface area contributed by atoms with E-state index in [0.717, 1.165) is 0 Å². The first-order valence-electron chi connectivity index (χ1n) is 5.70. The van der Waals surface area contributed by atoms with E-state index in [1.54, 1.807) is 24.3 Å². The fourth-order valence-electron chi connectivity index (χ4n) is 1.68. The smallest absolute Gasteiger partial charge is 0.252 e. The van der Waals surface area contributed by atoms with Gasteiger partial charge in [-0.05, 0) is 24.3 Å². The second-order valence-electron chi connectivity index (χ2n) is 3.98. The molecule has 1 heterocycles. The van der Waals surface area contributed by atoms with Crippen molar-refractivity contribution in [2.75, 3.05) is 13.2 Å². The zero-order valence-electron chi connectivity index (χ0n) is 10.1. The number of nitrogens with one attached hydrogen (secondary N) is 1. The van der Waals surface area contributed by atoms with Crippen LogP contribution in [0, 0.1) is 0 Å². The Kier molecular flexibility index (Phi) is 3.72. The van der Waals surface area contributed by atoms with Gasteiger partial charge in [-0.15, -0.1) is 0 Å². The van der Waals surface area contributed by atoms with Crippen LogP contribution in [0.5, 0.6) is 0 Å². The molecule has 0 saturated carbocycles. The number of primary amides is 1. The molecule has 0 spiro atoms. The van der Waals surface area contributed by atoms with Crippen LogP contribution in [0.2, 0.25) is 0 Å². The number of carbonyl (C=O) groups is 2. The number of aliphatic hydroxyl groups is 1. The lowest BCUT2D eigenvalue weighted by atomic mass is 10.1. The highest BCUT2D eigenvalue weighted by atomic mass is 16.3. The first-order chi connectivity index (χ1) is 9.11. The summed E-state index contributed by atoms with van der Waals surface area (Å²) < 4.78 is 0. The Labute approximate surface area is 109 Å². The Balaban J connectivity index is 2.38. The summed E-state index contributed by atoms with van der Waals surface area (Å²) in [5, 5.41) is 11.8. The molecule has 0 aliphatic rings. The molecule has 6 heteroatoms. The van der Waals surface area contributed by atoms with Gasteiger partial charge in [0.05, 0.1) is 17.7 Å². The summed E-state index contributed by atoms with van der Waals surface area (Å²) in [6.07, 6.45) is 1.44. The van der Waals surface area contributed by atoms with Crippen molar-refractivity contribution in [1.29, 1.82) is 0 Å². The second-order valence-corrected chi connectivity index (χ2v) is 3.98. The molecule has 0 saturated heterocycles. The van der Waals surface area contributed by atoms with Gasteiger partial charge in [0, 0.05) is 23.7 Å². The molecule has 2 amide bonds. The minimum Gasteiger partial charge on any atom is -0.395 e. The van der Waals surface area contributed by atoms with E-state index in [2.05, 4.69) is 10.3 Å². The Morgan fingerprint density at radius 2 is 2.00 bits per heavy atom. The summed E-state index contributed by atoms with van der Waals surface area (Å²) in [6, 6.07) is 6.48. The molecule has 2 rings (SSSR count). The Morgan fingerprint density at radius 1 is 1.26 bits per heavy atom. The number of rotatable bonds is 4. The van der Waals surface area contributed by atoms with Gasteiger partial charge in [-0.25, -0.2) is 0 Å². The van der Waals surface area contributed by atoms with Crippen molar-refractivity contribution in [3.63, 3.8) is 0 Å². The Bertz CT molecular complexity index is 640. The SMILES string of the molecule is NC(=O)c1ccc2ncc(C(=O)NCCO)cc2c1. The minimum absolute atomic E-state index is 0.126. The third kappa shape index (κ3) is 2.86. The molecular weight excluding hydrogens is 246 g/mol. The second kappa shape index (κ2) is 5.45. The third-order valence-electron chi connectivity index (χ3n) is 2.63. The summed E-state index contributed by atoms with van der Waals surface area (Å²) in [5.41, 5.74) is 6.60. The van der Waals surface area contributed by atoms with Crippen LogP contribution < -0.4 is 11.1 Å². The Hall–Kier alpha value is -2.47. The number of hydrogen-bond acceptors (Lipinski definition) is 4. The summed E-state index contributed by atoms with van der Waals surface area (Å²) >= 11 is 0. The summed E-state index contributed by atoms with van der Waals surface area (Å²) in [5.74, 6) is -0.857. The van der Waals surface area contributed by atoms with Gasteiger partial charge >= 0.3 is 0 Å². The number of benzene rings is 1. The quantitative estimate of drug-likeness (QED) is 0.721.